The summed E-state index contributed by atoms with van der Waals surface area (Å²) in [5, 5.41) is 9.15. The number of carbonyl (C=O) groups excluding carboxylic acids is 1. The van der Waals surface area contributed by atoms with Gasteiger partial charge in [-0.25, -0.2) is 4.39 Å². The summed E-state index contributed by atoms with van der Waals surface area (Å²) in [4.78, 5) is 13.9. The van der Waals surface area contributed by atoms with E-state index in [9.17, 15) is 9.18 Å². The molecule has 0 spiro atoms. The molecule has 1 amide bonds. The van der Waals surface area contributed by atoms with Crippen LogP contribution in [0.2, 0.25) is 0 Å². The Morgan fingerprint density at radius 3 is 2.57 bits per heavy atom. The number of hydrogen-bond donors (Lipinski definition) is 1. The van der Waals surface area contributed by atoms with Gasteiger partial charge in [0.1, 0.15) is 5.82 Å². The molecule has 0 bridgehead atoms. The molecule has 3 nitrogen and oxygen atoms in total. The Bertz CT molecular complexity index is 613. The number of carbonyl (C=O) groups is 1. The first kappa shape index (κ1) is 15.2. The Hall–Kier alpha value is -2.20. The molecule has 0 aromatic heterocycles. The van der Waals surface area contributed by atoms with E-state index in [-0.39, 0.29) is 18.7 Å². The molecular formula is C17H18FNO2. The molecule has 2 aromatic rings. The monoisotopic (exact) mass is 287 g/mol. The molecule has 0 unspecified atom stereocenters. The first-order chi connectivity index (χ1) is 10.1. The van der Waals surface area contributed by atoms with Crippen molar-refractivity contribution >= 4 is 5.91 Å². The van der Waals surface area contributed by atoms with E-state index < -0.39 is 11.7 Å². The van der Waals surface area contributed by atoms with Gasteiger partial charge in [0.15, 0.2) is 0 Å². The molecule has 0 atom stereocenters. The lowest BCUT2D eigenvalue weighted by molar-refractivity contribution is 0.0703. The Balaban J connectivity index is 2.25. The molecule has 21 heavy (non-hydrogen) atoms. The molecule has 0 aliphatic heterocycles. The van der Waals surface area contributed by atoms with Crippen LogP contribution in [-0.2, 0) is 6.54 Å². The Labute approximate surface area is 123 Å². The lowest BCUT2D eigenvalue weighted by atomic mass is 10.1. The summed E-state index contributed by atoms with van der Waals surface area (Å²) in [6, 6.07) is 13.9. The minimum atomic E-state index is -0.540. The van der Waals surface area contributed by atoms with Gasteiger partial charge in [0.05, 0.1) is 12.2 Å². The first-order valence-electron chi connectivity index (χ1n) is 6.82. The van der Waals surface area contributed by atoms with E-state index in [4.69, 9.17) is 5.11 Å². The number of halogens is 1. The van der Waals surface area contributed by atoms with E-state index in [1.807, 2.05) is 37.3 Å². The molecular weight excluding hydrogens is 269 g/mol. The number of rotatable bonds is 5. The lowest BCUT2D eigenvalue weighted by Gasteiger charge is -2.22. The summed E-state index contributed by atoms with van der Waals surface area (Å²) >= 11 is 0. The first-order valence-corrected chi connectivity index (χ1v) is 6.82. The normalized spacial score (nSPS) is 10.4. The third kappa shape index (κ3) is 3.89. The van der Waals surface area contributed by atoms with E-state index in [2.05, 4.69) is 0 Å². The molecule has 1 N–H and O–H groups in total. The van der Waals surface area contributed by atoms with Crippen molar-refractivity contribution in [1.29, 1.82) is 0 Å². The topological polar surface area (TPSA) is 40.5 Å². The zero-order valence-electron chi connectivity index (χ0n) is 11.9. The quantitative estimate of drug-likeness (QED) is 0.918. The van der Waals surface area contributed by atoms with E-state index >= 15 is 0 Å². The molecule has 2 aromatic carbocycles. The molecule has 0 saturated carbocycles. The predicted octanol–water partition coefficient (Wildman–Crippen LogP) is 2.77. The van der Waals surface area contributed by atoms with Crippen LogP contribution in [0.15, 0.2) is 48.5 Å². The van der Waals surface area contributed by atoms with Gasteiger partial charge in [0, 0.05) is 13.1 Å². The van der Waals surface area contributed by atoms with Crippen molar-refractivity contribution in [2.45, 2.75) is 13.5 Å². The second-order valence-electron chi connectivity index (χ2n) is 4.92. The van der Waals surface area contributed by atoms with Crippen LogP contribution in [0.5, 0.6) is 0 Å². The third-order valence-corrected chi connectivity index (χ3v) is 3.23. The van der Waals surface area contributed by atoms with Crippen LogP contribution in [0.3, 0.4) is 0 Å². The van der Waals surface area contributed by atoms with Crippen molar-refractivity contribution in [3.05, 3.63) is 71.0 Å². The van der Waals surface area contributed by atoms with Crippen LogP contribution >= 0.6 is 0 Å². The highest BCUT2D eigenvalue weighted by molar-refractivity contribution is 5.94. The van der Waals surface area contributed by atoms with Crippen LogP contribution < -0.4 is 0 Å². The number of aliphatic hydroxyl groups excluding tert-OH is 1. The predicted molar refractivity (Wildman–Crippen MR) is 79.4 cm³/mol. The van der Waals surface area contributed by atoms with Crippen molar-refractivity contribution in [3.8, 4) is 0 Å². The van der Waals surface area contributed by atoms with Crippen LogP contribution in [0.4, 0.5) is 4.39 Å². The number of nitrogens with zero attached hydrogens (tertiary/aromatic N) is 1. The number of amides is 1. The van der Waals surface area contributed by atoms with Crippen LogP contribution in [-0.4, -0.2) is 29.1 Å². The summed E-state index contributed by atoms with van der Waals surface area (Å²) in [7, 11) is 0. The average molecular weight is 287 g/mol. The van der Waals surface area contributed by atoms with E-state index in [0.29, 0.717) is 6.54 Å². The van der Waals surface area contributed by atoms with Gasteiger partial charge in [0.25, 0.3) is 5.91 Å². The average Bonchev–Trinajstić information content (AvgIpc) is 2.49. The number of aliphatic hydroxyl groups is 1. The lowest BCUT2D eigenvalue weighted by Crippen LogP contribution is -2.33. The van der Waals surface area contributed by atoms with Crippen molar-refractivity contribution in [3.63, 3.8) is 0 Å². The van der Waals surface area contributed by atoms with Crippen molar-refractivity contribution in [2.24, 2.45) is 0 Å². The fraction of sp³-hybridized carbons (Fsp3) is 0.235. The largest absolute Gasteiger partial charge is 0.395 e. The van der Waals surface area contributed by atoms with Gasteiger partial charge in [-0.1, -0.05) is 42.0 Å². The molecule has 0 fully saturated rings. The van der Waals surface area contributed by atoms with Crippen molar-refractivity contribution < 1.29 is 14.3 Å². The Morgan fingerprint density at radius 1 is 1.19 bits per heavy atom. The van der Waals surface area contributed by atoms with Gasteiger partial charge in [-0.15, -0.1) is 0 Å². The third-order valence-electron chi connectivity index (χ3n) is 3.23. The maximum atomic E-state index is 13.8. The SMILES string of the molecule is Cc1ccc(F)c(C(=O)N(CCO)Cc2ccccc2)c1. The molecule has 0 radical (unpaired) electrons. The smallest absolute Gasteiger partial charge is 0.257 e. The minimum absolute atomic E-state index is 0.0411. The zero-order valence-corrected chi connectivity index (χ0v) is 11.9. The molecule has 0 saturated heterocycles. The highest BCUT2D eigenvalue weighted by Gasteiger charge is 2.19. The maximum absolute atomic E-state index is 13.8. The molecule has 110 valence electrons. The zero-order chi connectivity index (χ0) is 15.2. The highest BCUT2D eigenvalue weighted by atomic mass is 19.1. The number of aryl methyl sites for hydroxylation is 1. The van der Waals surface area contributed by atoms with Crippen LogP contribution in [0.1, 0.15) is 21.5 Å². The van der Waals surface area contributed by atoms with Crippen molar-refractivity contribution in [2.75, 3.05) is 13.2 Å². The second kappa shape index (κ2) is 6.99. The fourth-order valence-corrected chi connectivity index (χ4v) is 2.15. The van der Waals surface area contributed by atoms with E-state index in [1.54, 1.807) is 6.07 Å². The van der Waals surface area contributed by atoms with Gasteiger partial charge in [0.2, 0.25) is 0 Å². The Kier molecular flexibility index (Phi) is 5.06. The Morgan fingerprint density at radius 2 is 1.90 bits per heavy atom. The second-order valence-corrected chi connectivity index (χ2v) is 4.92. The number of benzene rings is 2. The van der Waals surface area contributed by atoms with Crippen molar-refractivity contribution in [1.82, 2.24) is 4.90 Å². The van der Waals surface area contributed by atoms with Gasteiger partial charge in [-0.3, -0.25) is 4.79 Å². The van der Waals surface area contributed by atoms with Gasteiger partial charge in [-0.05, 0) is 24.6 Å². The minimum Gasteiger partial charge on any atom is -0.395 e. The number of hydrogen-bond acceptors (Lipinski definition) is 2. The molecule has 0 aliphatic rings. The van der Waals surface area contributed by atoms with Crippen LogP contribution in [0.25, 0.3) is 0 Å². The molecule has 0 aliphatic carbocycles. The summed E-state index contributed by atoms with van der Waals surface area (Å²) < 4.78 is 13.8. The van der Waals surface area contributed by atoms with Gasteiger partial charge < -0.3 is 10.0 Å². The maximum Gasteiger partial charge on any atom is 0.257 e. The van der Waals surface area contributed by atoms with Gasteiger partial charge >= 0.3 is 0 Å². The highest BCUT2D eigenvalue weighted by Crippen LogP contribution is 2.15. The fourth-order valence-electron chi connectivity index (χ4n) is 2.15. The van der Waals surface area contributed by atoms with Gasteiger partial charge in [-0.2, -0.15) is 0 Å². The van der Waals surface area contributed by atoms with Crippen LogP contribution in [0, 0.1) is 12.7 Å². The molecule has 4 heteroatoms. The summed E-state index contributed by atoms with van der Waals surface area (Å²) in [5.41, 5.74) is 1.80. The molecule has 2 rings (SSSR count). The molecule has 0 heterocycles. The summed E-state index contributed by atoms with van der Waals surface area (Å²) in [6.07, 6.45) is 0. The summed E-state index contributed by atoms with van der Waals surface area (Å²) in [5.74, 6) is -0.948. The van der Waals surface area contributed by atoms with E-state index in [0.717, 1.165) is 11.1 Å². The van der Waals surface area contributed by atoms with E-state index in [1.165, 1.54) is 17.0 Å². The standard InChI is InChI=1S/C17H18FNO2/c1-13-7-8-16(18)15(11-13)17(21)19(9-10-20)12-14-5-3-2-4-6-14/h2-8,11,20H,9-10,12H2,1H3. The summed E-state index contributed by atoms with van der Waals surface area (Å²) in [6.45, 7) is 2.16.